The largest absolute Gasteiger partial charge is 0.369 e. The van der Waals surface area contributed by atoms with Crippen LogP contribution in [0.25, 0.3) is 0 Å². The number of nitrogens with zero attached hydrogens (tertiary/aromatic N) is 2. The number of thioether (sulfide) groups is 1. The van der Waals surface area contributed by atoms with Crippen molar-refractivity contribution in [2.75, 3.05) is 17.7 Å². The van der Waals surface area contributed by atoms with Crippen LogP contribution in [-0.4, -0.2) is 18.8 Å². The van der Waals surface area contributed by atoms with Gasteiger partial charge < -0.3 is 4.90 Å². The van der Waals surface area contributed by atoms with Gasteiger partial charge in [0.1, 0.15) is 0 Å². The van der Waals surface area contributed by atoms with Gasteiger partial charge in [-0.2, -0.15) is 5.26 Å². The predicted molar refractivity (Wildman–Crippen MR) is 64.3 cm³/mol. The molecular weight excluding hydrogens is 204 g/mol. The van der Waals surface area contributed by atoms with Crippen LogP contribution in [-0.2, 0) is 0 Å². The average molecular weight is 218 g/mol. The summed E-state index contributed by atoms with van der Waals surface area (Å²) < 4.78 is 0. The van der Waals surface area contributed by atoms with Gasteiger partial charge in [0.25, 0.3) is 0 Å². The molecule has 0 aromatic heterocycles. The minimum atomic E-state index is 0.356. The second-order valence-electron chi connectivity index (χ2n) is 3.91. The summed E-state index contributed by atoms with van der Waals surface area (Å²) in [5.74, 6) is 1.01. The summed E-state index contributed by atoms with van der Waals surface area (Å²) in [5, 5.41) is 8.75. The lowest BCUT2D eigenvalue weighted by atomic mass is 10.1. The second-order valence-corrected chi connectivity index (χ2v) is 4.97. The molecule has 0 aliphatic carbocycles. The summed E-state index contributed by atoms with van der Waals surface area (Å²) in [6.07, 6.45) is 0.608. The van der Waals surface area contributed by atoms with Crippen molar-refractivity contribution in [2.24, 2.45) is 0 Å². The molecule has 1 aliphatic heterocycles. The zero-order valence-electron chi connectivity index (χ0n) is 9.03. The van der Waals surface area contributed by atoms with E-state index in [0.717, 1.165) is 5.75 Å². The summed E-state index contributed by atoms with van der Waals surface area (Å²) in [4.78, 5) is 3.57. The molecule has 1 unspecified atom stereocenters. The van der Waals surface area contributed by atoms with Gasteiger partial charge in [0, 0.05) is 17.7 Å². The minimum Gasteiger partial charge on any atom is -0.369 e. The van der Waals surface area contributed by atoms with Gasteiger partial charge in [0.15, 0.2) is 0 Å². The van der Waals surface area contributed by atoms with Crippen molar-refractivity contribution in [3.8, 4) is 6.07 Å². The van der Waals surface area contributed by atoms with Gasteiger partial charge in [-0.05, 0) is 24.6 Å². The lowest BCUT2D eigenvalue weighted by molar-refractivity contribution is 0.698. The summed E-state index contributed by atoms with van der Waals surface area (Å²) in [6.45, 7) is 2.10. The molecule has 3 heteroatoms. The number of anilines is 1. The summed E-state index contributed by atoms with van der Waals surface area (Å²) in [7, 11) is 2.08. The van der Waals surface area contributed by atoms with Crippen LogP contribution in [0.3, 0.4) is 0 Å². The van der Waals surface area contributed by atoms with E-state index in [1.54, 1.807) is 0 Å². The normalized spacial score (nSPS) is 19.5. The third kappa shape index (κ3) is 1.95. The fourth-order valence-electron chi connectivity index (χ4n) is 1.82. The summed E-state index contributed by atoms with van der Waals surface area (Å²) in [6, 6.07) is 9.13. The highest BCUT2D eigenvalue weighted by Crippen LogP contribution is 2.37. The van der Waals surface area contributed by atoms with Crippen molar-refractivity contribution >= 4 is 17.4 Å². The Hall–Kier alpha value is -1.14. The molecule has 0 spiro atoms. The monoisotopic (exact) mass is 218 g/mol. The molecule has 0 radical (unpaired) electrons. The van der Waals surface area contributed by atoms with Crippen molar-refractivity contribution in [3.63, 3.8) is 0 Å². The van der Waals surface area contributed by atoms with Gasteiger partial charge in [0.2, 0.25) is 0 Å². The molecule has 78 valence electrons. The number of fused-ring (bicyclic) bond motifs is 1. The van der Waals surface area contributed by atoms with E-state index in [2.05, 4.69) is 43.1 Å². The number of hydrogen-bond donors (Lipinski definition) is 0. The second kappa shape index (κ2) is 4.16. The molecule has 2 rings (SSSR count). The zero-order chi connectivity index (χ0) is 10.8. The van der Waals surface area contributed by atoms with E-state index in [-0.39, 0.29) is 0 Å². The molecule has 0 fully saturated rings. The van der Waals surface area contributed by atoms with Crippen LogP contribution < -0.4 is 4.90 Å². The number of rotatable bonds is 1. The van der Waals surface area contributed by atoms with Crippen LogP contribution in [0.5, 0.6) is 0 Å². The average Bonchev–Trinajstić information content (AvgIpc) is 2.23. The Morgan fingerprint density at radius 1 is 1.60 bits per heavy atom. The van der Waals surface area contributed by atoms with Crippen LogP contribution >= 0.6 is 11.8 Å². The molecular formula is C12H14N2S. The van der Waals surface area contributed by atoms with E-state index >= 15 is 0 Å². The fourth-order valence-corrected chi connectivity index (χ4v) is 3.05. The highest BCUT2D eigenvalue weighted by Gasteiger charge is 2.23. The smallest absolute Gasteiger partial charge is 0.0643 e. The number of aryl methyl sites for hydroxylation is 1. The molecule has 0 saturated heterocycles. The lowest BCUT2D eigenvalue weighted by Gasteiger charge is -2.34. The van der Waals surface area contributed by atoms with Crippen molar-refractivity contribution in [3.05, 3.63) is 23.8 Å². The molecule has 1 atom stereocenters. The number of benzene rings is 1. The Labute approximate surface area is 94.9 Å². The van der Waals surface area contributed by atoms with Crippen molar-refractivity contribution in [2.45, 2.75) is 24.3 Å². The maximum atomic E-state index is 8.75. The fraction of sp³-hybridized carbons (Fsp3) is 0.417. The Kier molecular flexibility index (Phi) is 2.88. The minimum absolute atomic E-state index is 0.356. The molecule has 15 heavy (non-hydrogen) atoms. The number of nitriles is 1. The van der Waals surface area contributed by atoms with E-state index in [0.29, 0.717) is 12.5 Å². The quantitative estimate of drug-likeness (QED) is 0.725. The summed E-state index contributed by atoms with van der Waals surface area (Å²) in [5.41, 5.74) is 2.55. The Bertz CT molecular complexity index is 409. The first kappa shape index (κ1) is 10.4. The van der Waals surface area contributed by atoms with Crippen molar-refractivity contribution < 1.29 is 0 Å². The first-order chi connectivity index (χ1) is 7.22. The molecule has 0 amide bonds. The van der Waals surface area contributed by atoms with Crippen LogP contribution in [0.1, 0.15) is 12.0 Å². The molecule has 0 N–H and O–H groups in total. The van der Waals surface area contributed by atoms with Gasteiger partial charge in [0.05, 0.1) is 24.2 Å². The first-order valence-electron chi connectivity index (χ1n) is 5.05. The van der Waals surface area contributed by atoms with Gasteiger partial charge in [-0.25, -0.2) is 0 Å². The highest BCUT2D eigenvalue weighted by atomic mass is 32.2. The lowest BCUT2D eigenvalue weighted by Crippen LogP contribution is -2.36. The Morgan fingerprint density at radius 3 is 3.13 bits per heavy atom. The summed E-state index contributed by atoms with van der Waals surface area (Å²) >= 11 is 1.86. The van der Waals surface area contributed by atoms with Gasteiger partial charge in [-0.15, -0.1) is 11.8 Å². The van der Waals surface area contributed by atoms with Gasteiger partial charge >= 0.3 is 0 Å². The van der Waals surface area contributed by atoms with Crippen LogP contribution in [0.15, 0.2) is 23.1 Å². The van der Waals surface area contributed by atoms with Crippen LogP contribution in [0.2, 0.25) is 0 Å². The third-order valence-electron chi connectivity index (χ3n) is 2.80. The maximum Gasteiger partial charge on any atom is 0.0643 e. The number of hydrogen-bond acceptors (Lipinski definition) is 3. The molecule has 1 aromatic rings. The van der Waals surface area contributed by atoms with Crippen molar-refractivity contribution in [1.82, 2.24) is 0 Å². The standard InChI is InChI=1S/C12H14N2S/c1-9-3-4-12-11(7-9)14(2)10(5-6-13)8-15-12/h3-4,7,10H,5,8H2,1-2H3. The van der Waals surface area contributed by atoms with E-state index in [1.807, 2.05) is 11.8 Å². The Balaban J connectivity index is 2.32. The zero-order valence-corrected chi connectivity index (χ0v) is 9.84. The van der Waals surface area contributed by atoms with Crippen LogP contribution in [0.4, 0.5) is 5.69 Å². The molecule has 2 nitrogen and oxygen atoms in total. The third-order valence-corrected chi connectivity index (χ3v) is 4.01. The molecule has 0 bridgehead atoms. The molecule has 1 aliphatic rings. The maximum absolute atomic E-state index is 8.75. The van der Waals surface area contributed by atoms with Crippen LogP contribution in [0, 0.1) is 18.3 Å². The predicted octanol–water partition coefficient (Wildman–Crippen LogP) is 2.82. The highest BCUT2D eigenvalue weighted by molar-refractivity contribution is 7.99. The Morgan fingerprint density at radius 2 is 2.40 bits per heavy atom. The van der Waals surface area contributed by atoms with Gasteiger partial charge in [-0.3, -0.25) is 0 Å². The van der Waals surface area contributed by atoms with E-state index in [9.17, 15) is 0 Å². The van der Waals surface area contributed by atoms with E-state index in [4.69, 9.17) is 5.26 Å². The van der Waals surface area contributed by atoms with Crippen molar-refractivity contribution in [1.29, 1.82) is 5.26 Å². The molecule has 1 heterocycles. The topological polar surface area (TPSA) is 27.0 Å². The first-order valence-corrected chi connectivity index (χ1v) is 6.04. The van der Waals surface area contributed by atoms with Gasteiger partial charge in [-0.1, -0.05) is 6.07 Å². The SMILES string of the molecule is Cc1ccc2c(c1)N(C)C(CC#N)CS2. The van der Waals surface area contributed by atoms with E-state index < -0.39 is 0 Å². The molecule has 1 aromatic carbocycles. The van der Waals surface area contributed by atoms with E-state index in [1.165, 1.54) is 16.1 Å². The molecule has 0 saturated carbocycles.